The van der Waals surface area contributed by atoms with Gasteiger partial charge in [0.15, 0.2) is 0 Å². The van der Waals surface area contributed by atoms with Gasteiger partial charge in [-0.3, -0.25) is 4.79 Å². The number of likely N-dealkylation sites (N-methyl/N-ethyl adjacent to an activating group) is 1. The van der Waals surface area contributed by atoms with Gasteiger partial charge in [0.05, 0.1) is 5.75 Å². The first-order valence-electron chi connectivity index (χ1n) is 4.94. The molecule has 6 nitrogen and oxygen atoms in total. The summed E-state index contributed by atoms with van der Waals surface area (Å²) >= 11 is 0. The zero-order valence-corrected chi connectivity index (χ0v) is 9.80. The van der Waals surface area contributed by atoms with Crippen molar-refractivity contribution in [2.24, 2.45) is 0 Å². The van der Waals surface area contributed by atoms with E-state index < -0.39 is 16.1 Å². The van der Waals surface area contributed by atoms with Crippen molar-refractivity contribution >= 4 is 15.9 Å². The Bertz CT molecular complexity index is 328. The van der Waals surface area contributed by atoms with Crippen LogP contribution < -0.4 is 10.6 Å². The number of amides is 1. The van der Waals surface area contributed by atoms with Crippen molar-refractivity contribution in [3.05, 3.63) is 0 Å². The zero-order valence-electron chi connectivity index (χ0n) is 8.99. The molecule has 1 rings (SSSR count). The molecule has 0 aromatic heterocycles. The van der Waals surface area contributed by atoms with E-state index in [0.29, 0.717) is 19.6 Å². The first-order valence-corrected chi connectivity index (χ1v) is 6.55. The summed E-state index contributed by atoms with van der Waals surface area (Å²) in [4.78, 5) is 11.5. The third-order valence-electron chi connectivity index (χ3n) is 2.47. The van der Waals surface area contributed by atoms with Crippen LogP contribution >= 0.6 is 0 Å². The smallest absolute Gasteiger partial charge is 0.239 e. The van der Waals surface area contributed by atoms with Gasteiger partial charge in [-0.25, -0.2) is 8.42 Å². The van der Waals surface area contributed by atoms with Crippen LogP contribution in [0.15, 0.2) is 0 Å². The van der Waals surface area contributed by atoms with Crippen LogP contribution in [0.1, 0.15) is 6.92 Å². The Hall–Kier alpha value is -0.660. The van der Waals surface area contributed by atoms with Crippen LogP contribution in [-0.2, 0) is 14.8 Å². The minimum absolute atomic E-state index is 0.0283. The molecule has 1 unspecified atom stereocenters. The van der Waals surface area contributed by atoms with E-state index in [0.717, 1.165) is 0 Å². The quantitative estimate of drug-likeness (QED) is 0.615. The first kappa shape index (κ1) is 12.4. The number of hydrogen-bond acceptors (Lipinski definition) is 4. The minimum Gasteiger partial charge on any atom is -0.358 e. The van der Waals surface area contributed by atoms with Crippen LogP contribution in [0, 0.1) is 0 Å². The Morgan fingerprint density at radius 2 is 2.27 bits per heavy atom. The molecule has 1 atom stereocenters. The predicted octanol–water partition coefficient (Wildman–Crippen LogP) is -1.64. The monoisotopic (exact) mass is 235 g/mol. The third kappa shape index (κ3) is 2.67. The fourth-order valence-corrected chi connectivity index (χ4v) is 2.83. The van der Waals surface area contributed by atoms with E-state index in [2.05, 4.69) is 10.6 Å². The third-order valence-corrected chi connectivity index (χ3v) is 4.35. The minimum atomic E-state index is -3.29. The van der Waals surface area contributed by atoms with Crippen molar-refractivity contribution < 1.29 is 13.2 Å². The summed E-state index contributed by atoms with van der Waals surface area (Å²) in [6, 6.07) is -0.617. The molecule has 0 aromatic rings. The van der Waals surface area contributed by atoms with Gasteiger partial charge < -0.3 is 10.6 Å². The summed E-state index contributed by atoms with van der Waals surface area (Å²) < 4.78 is 24.7. The summed E-state index contributed by atoms with van der Waals surface area (Å²) in [5, 5.41) is 5.49. The average molecular weight is 235 g/mol. The second kappa shape index (κ2) is 4.91. The van der Waals surface area contributed by atoms with Gasteiger partial charge in [-0.15, -0.1) is 0 Å². The molecule has 1 fully saturated rings. The van der Waals surface area contributed by atoms with Crippen molar-refractivity contribution in [3.8, 4) is 0 Å². The highest BCUT2D eigenvalue weighted by atomic mass is 32.2. The molecular weight excluding hydrogens is 218 g/mol. The molecule has 88 valence electrons. The van der Waals surface area contributed by atoms with Crippen molar-refractivity contribution in [2.45, 2.75) is 13.0 Å². The second-order valence-electron chi connectivity index (χ2n) is 3.35. The SMILES string of the molecule is CCS(=O)(=O)N1CCNCC1C(=O)NC. The Labute approximate surface area is 90.1 Å². The highest BCUT2D eigenvalue weighted by molar-refractivity contribution is 7.89. The molecule has 15 heavy (non-hydrogen) atoms. The molecule has 7 heteroatoms. The molecule has 0 spiro atoms. The van der Waals surface area contributed by atoms with E-state index in [1.54, 1.807) is 6.92 Å². The maximum absolute atomic E-state index is 11.7. The van der Waals surface area contributed by atoms with Crippen LogP contribution in [0.25, 0.3) is 0 Å². The fraction of sp³-hybridized carbons (Fsp3) is 0.875. The first-order chi connectivity index (χ1) is 7.03. The van der Waals surface area contributed by atoms with Crippen LogP contribution in [-0.4, -0.2) is 57.1 Å². The molecule has 2 N–H and O–H groups in total. The summed E-state index contributed by atoms with van der Waals surface area (Å²) in [7, 11) is -1.79. The fourth-order valence-electron chi connectivity index (χ4n) is 1.57. The summed E-state index contributed by atoms with van der Waals surface area (Å²) in [6.45, 7) is 2.90. The normalized spacial score (nSPS) is 23.7. The van der Waals surface area contributed by atoms with Gasteiger partial charge in [0.25, 0.3) is 0 Å². The number of piperazine rings is 1. The standard InChI is InChI=1S/C8H17N3O3S/c1-3-15(13,14)11-5-4-10-6-7(11)8(12)9-2/h7,10H,3-6H2,1-2H3,(H,9,12). The number of nitrogens with one attached hydrogen (secondary N) is 2. The Morgan fingerprint density at radius 1 is 1.60 bits per heavy atom. The van der Waals surface area contributed by atoms with E-state index in [1.165, 1.54) is 11.4 Å². The summed E-state index contributed by atoms with van der Waals surface area (Å²) in [5.74, 6) is -0.236. The highest BCUT2D eigenvalue weighted by Gasteiger charge is 2.35. The van der Waals surface area contributed by atoms with Crippen molar-refractivity contribution in [3.63, 3.8) is 0 Å². The summed E-state index contributed by atoms with van der Waals surface area (Å²) in [6.07, 6.45) is 0. The van der Waals surface area contributed by atoms with Gasteiger partial charge in [0.1, 0.15) is 6.04 Å². The van der Waals surface area contributed by atoms with Gasteiger partial charge in [-0.05, 0) is 6.92 Å². The topological polar surface area (TPSA) is 78.5 Å². The largest absolute Gasteiger partial charge is 0.358 e. The summed E-state index contributed by atoms with van der Waals surface area (Å²) in [5.41, 5.74) is 0. The maximum Gasteiger partial charge on any atom is 0.239 e. The van der Waals surface area contributed by atoms with Gasteiger partial charge in [-0.1, -0.05) is 0 Å². The molecule has 1 saturated heterocycles. The van der Waals surface area contributed by atoms with Gasteiger partial charge in [0.2, 0.25) is 15.9 Å². The molecule has 1 aliphatic heterocycles. The molecule has 0 aromatic carbocycles. The molecule has 0 saturated carbocycles. The second-order valence-corrected chi connectivity index (χ2v) is 5.56. The Morgan fingerprint density at radius 3 is 2.80 bits per heavy atom. The van der Waals surface area contributed by atoms with Crippen LogP contribution in [0.5, 0.6) is 0 Å². The van der Waals surface area contributed by atoms with Crippen molar-refractivity contribution in [1.29, 1.82) is 0 Å². The van der Waals surface area contributed by atoms with E-state index in [4.69, 9.17) is 0 Å². The number of hydrogen-bond donors (Lipinski definition) is 2. The molecule has 0 radical (unpaired) electrons. The van der Waals surface area contributed by atoms with E-state index in [1.807, 2.05) is 0 Å². The van der Waals surface area contributed by atoms with Crippen molar-refractivity contribution in [1.82, 2.24) is 14.9 Å². The number of rotatable bonds is 3. The van der Waals surface area contributed by atoms with E-state index in [9.17, 15) is 13.2 Å². The van der Waals surface area contributed by atoms with E-state index >= 15 is 0 Å². The molecular formula is C8H17N3O3S. The molecule has 1 heterocycles. The number of sulfonamides is 1. The van der Waals surface area contributed by atoms with Crippen LogP contribution in [0.3, 0.4) is 0 Å². The molecule has 1 amide bonds. The molecule has 0 bridgehead atoms. The highest BCUT2D eigenvalue weighted by Crippen LogP contribution is 2.10. The number of nitrogens with zero attached hydrogens (tertiary/aromatic N) is 1. The van der Waals surface area contributed by atoms with E-state index in [-0.39, 0.29) is 11.7 Å². The zero-order chi connectivity index (χ0) is 11.5. The Kier molecular flexibility index (Phi) is 4.06. The van der Waals surface area contributed by atoms with Crippen LogP contribution in [0.4, 0.5) is 0 Å². The van der Waals surface area contributed by atoms with Gasteiger partial charge in [-0.2, -0.15) is 4.31 Å². The maximum atomic E-state index is 11.7. The predicted molar refractivity (Wildman–Crippen MR) is 56.9 cm³/mol. The molecule has 0 aliphatic carbocycles. The van der Waals surface area contributed by atoms with Crippen LogP contribution in [0.2, 0.25) is 0 Å². The van der Waals surface area contributed by atoms with Crippen molar-refractivity contribution in [2.75, 3.05) is 32.4 Å². The molecule has 1 aliphatic rings. The lowest BCUT2D eigenvalue weighted by molar-refractivity contribution is -0.124. The Balaban J connectivity index is 2.88. The lowest BCUT2D eigenvalue weighted by atomic mass is 10.2. The van der Waals surface area contributed by atoms with Gasteiger partial charge >= 0.3 is 0 Å². The average Bonchev–Trinajstić information content (AvgIpc) is 2.28. The number of carbonyl (C=O) groups is 1. The number of carbonyl (C=O) groups excluding carboxylic acids is 1. The van der Waals surface area contributed by atoms with Gasteiger partial charge in [0, 0.05) is 26.7 Å². The lowest BCUT2D eigenvalue weighted by Crippen LogP contribution is -2.59. The lowest BCUT2D eigenvalue weighted by Gasteiger charge is -2.33.